The largest absolute Gasteiger partial charge is 0.453 e. The Morgan fingerprint density at radius 1 is 1.24 bits per heavy atom. The zero-order valence-electron chi connectivity index (χ0n) is 16.1. The Morgan fingerprint density at radius 3 is 2.66 bits per heavy atom. The van der Waals surface area contributed by atoms with Crippen molar-refractivity contribution in [3.05, 3.63) is 18.0 Å². The molecule has 2 aliphatic rings. The van der Waals surface area contributed by atoms with Crippen molar-refractivity contribution in [2.24, 2.45) is 5.92 Å². The molecule has 0 spiro atoms. The van der Waals surface area contributed by atoms with Gasteiger partial charge in [-0.1, -0.05) is 0 Å². The van der Waals surface area contributed by atoms with Crippen LogP contribution in [0.3, 0.4) is 0 Å². The van der Waals surface area contributed by atoms with Crippen LogP contribution in [0.2, 0.25) is 0 Å². The third-order valence-electron chi connectivity index (χ3n) is 5.55. The molecule has 2 aromatic rings. The highest BCUT2D eigenvalue weighted by Gasteiger charge is 2.38. The number of aromatic nitrogens is 4. The first-order valence-electron chi connectivity index (χ1n) is 9.74. The van der Waals surface area contributed by atoms with E-state index in [1.165, 1.54) is 6.07 Å². The molecule has 0 N–H and O–H groups in total. The molecule has 2 aliphatic heterocycles. The molecule has 8 nitrogen and oxygen atoms in total. The van der Waals surface area contributed by atoms with Crippen LogP contribution < -0.4 is 4.90 Å². The lowest BCUT2D eigenvalue weighted by atomic mass is 9.95. The molecule has 0 bridgehead atoms. The van der Waals surface area contributed by atoms with Crippen molar-refractivity contribution >= 4 is 17.4 Å². The van der Waals surface area contributed by atoms with E-state index in [1.54, 1.807) is 18.0 Å². The van der Waals surface area contributed by atoms with Gasteiger partial charge in [0, 0.05) is 39.2 Å². The maximum atomic E-state index is 13.1. The first-order valence-corrected chi connectivity index (χ1v) is 9.74. The van der Waals surface area contributed by atoms with Crippen LogP contribution in [-0.4, -0.2) is 70.0 Å². The molecule has 0 saturated carbocycles. The molecule has 2 fully saturated rings. The van der Waals surface area contributed by atoms with Crippen molar-refractivity contribution in [1.29, 1.82) is 0 Å². The smallest absolute Gasteiger partial charge is 0.376 e. The molecule has 1 amide bonds. The van der Waals surface area contributed by atoms with Crippen molar-refractivity contribution in [3.8, 4) is 0 Å². The summed E-state index contributed by atoms with van der Waals surface area (Å²) in [7, 11) is 1.80. The number of hydrogen-bond acceptors (Lipinski definition) is 6. The Hall–Kier alpha value is -2.43. The molecule has 0 aromatic carbocycles. The van der Waals surface area contributed by atoms with Crippen molar-refractivity contribution in [2.45, 2.75) is 38.0 Å². The van der Waals surface area contributed by atoms with E-state index in [9.17, 15) is 18.0 Å². The summed E-state index contributed by atoms with van der Waals surface area (Å²) < 4.78 is 45.5. The van der Waals surface area contributed by atoms with Gasteiger partial charge in [-0.25, -0.2) is 0 Å². The standard InChI is InChI=1S/C18H23F3N6O2/c1-25(11-13-3-2-10-29-13)16(28)12-6-8-26(9-7-12)15-5-4-14-22-23-17(18(19,20)21)27(14)24-15/h4-5,12-13H,2-3,6-11H2,1H3. The SMILES string of the molecule is CN(CC1CCCO1)C(=O)C1CCN(c2ccc3nnc(C(F)(F)F)n3n2)CC1. The summed E-state index contributed by atoms with van der Waals surface area (Å²) in [6.07, 6.45) is -1.24. The second kappa shape index (κ2) is 7.77. The summed E-state index contributed by atoms with van der Waals surface area (Å²) in [5.74, 6) is -0.722. The van der Waals surface area contributed by atoms with Crippen LogP contribution in [0, 0.1) is 5.92 Å². The predicted molar refractivity (Wildman–Crippen MR) is 97.3 cm³/mol. The van der Waals surface area contributed by atoms with Gasteiger partial charge >= 0.3 is 6.18 Å². The molecule has 0 radical (unpaired) electrons. The van der Waals surface area contributed by atoms with Crippen molar-refractivity contribution in [2.75, 3.05) is 38.2 Å². The van der Waals surface area contributed by atoms with Gasteiger partial charge in [-0.2, -0.15) is 17.7 Å². The summed E-state index contributed by atoms with van der Waals surface area (Å²) >= 11 is 0. The zero-order valence-corrected chi connectivity index (χ0v) is 16.1. The number of likely N-dealkylation sites (N-methyl/N-ethyl adjacent to an activating group) is 1. The Labute approximate surface area is 165 Å². The Kier molecular flexibility index (Phi) is 5.32. The van der Waals surface area contributed by atoms with E-state index in [0.29, 0.717) is 38.3 Å². The topological polar surface area (TPSA) is 75.9 Å². The van der Waals surface area contributed by atoms with Crippen LogP contribution in [0.15, 0.2) is 12.1 Å². The fraction of sp³-hybridized carbons (Fsp3) is 0.667. The van der Waals surface area contributed by atoms with Gasteiger partial charge < -0.3 is 14.5 Å². The van der Waals surface area contributed by atoms with E-state index in [0.717, 1.165) is 24.0 Å². The van der Waals surface area contributed by atoms with E-state index in [1.807, 2.05) is 4.90 Å². The van der Waals surface area contributed by atoms with Crippen molar-refractivity contribution in [1.82, 2.24) is 24.7 Å². The number of alkyl halides is 3. The van der Waals surface area contributed by atoms with Gasteiger partial charge in [0.1, 0.15) is 5.82 Å². The van der Waals surface area contributed by atoms with Crippen LogP contribution in [-0.2, 0) is 15.7 Å². The van der Waals surface area contributed by atoms with Crippen LogP contribution in [0.4, 0.5) is 19.0 Å². The minimum atomic E-state index is -4.63. The number of fused-ring (bicyclic) bond motifs is 1. The second-order valence-electron chi connectivity index (χ2n) is 7.60. The highest BCUT2D eigenvalue weighted by Crippen LogP contribution is 2.29. The lowest BCUT2D eigenvalue weighted by Gasteiger charge is -2.34. The summed E-state index contributed by atoms with van der Waals surface area (Å²) in [4.78, 5) is 16.4. The van der Waals surface area contributed by atoms with Crippen molar-refractivity contribution < 1.29 is 22.7 Å². The number of piperidine rings is 1. The Morgan fingerprint density at radius 2 is 2.00 bits per heavy atom. The number of rotatable bonds is 4. The molecule has 2 saturated heterocycles. The maximum Gasteiger partial charge on any atom is 0.453 e. The first kappa shape index (κ1) is 19.9. The predicted octanol–water partition coefficient (Wildman–Crippen LogP) is 2.00. The molecular weight excluding hydrogens is 389 g/mol. The molecule has 158 valence electrons. The summed E-state index contributed by atoms with van der Waals surface area (Å²) in [6.45, 7) is 2.45. The van der Waals surface area contributed by atoms with E-state index in [2.05, 4.69) is 15.3 Å². The Balaban J connectivity index is 1.39. The molecule has 1 atom stereocenters. The molecular formula is C18H23F3N6O2. The van der Waals surface area contributed by atoms with E-state index in [-0.39, 0.29) is 23.6 Å². The third kappa shape index (κ3) is 4.14. The molecule has 29 heavy (non-hydrogen) atoms. The minimum Gasteiger partial charge on any atom is -0.376 e. The summed E-state index contributed by atoms with van der Waals surface area (Å²) in [5, 5.41) is 10.8. The van der Waals surface area contributed by atoms with E-state index in [4.69, 9.17) is 4.74 Å². The number of halogens is 3. The fourth-order valence-corrected chi connectivity index (χ4v) is 3.98. The average Bonchev–Trinajstić information content (AvgIpc) is 3.36. The molecule has 1 unspecified atom stereocenters. The lowest BCUT2D eigenvalue weighted by Crippen LogP contribution is -2.43. The van der Waals surface area contributed by atoms with Gasteiger partial charge in [-0.3, -0.25) is 4.79 Å². The fourth-order valence-electron chi connectivity index (χ4n) is 3.98. The van der Waals surface area contributed by atoms with Gasteiger partial charge in [-0.05, 0) is 37.8 Å². The van der Waals surface area contributed by atoms with Crippen molar-refractivity contribution in [3.63, 3.8) is 0 Å². The highest BCUT2D eigenvalue weighted by molar-refractivity contribution is 5.79. The zero-order chi connectivity index (χ0) is 20.6. The van der Waals surface area contributed by atoms with Crippen LogP contribution >= 0.6 is 0 Å². The van der Waals surface area contributed by atoms with Crippen LogP contribution in [0.1, 0.15) is 31.5 Å². The van der Waals surface area contributed by atoms with E-state index < -0.39 is 12.0 Å². The van der Waals surface area contributed by atoms with Gasteiger partial charge in [0.25, 0.3) is 5.82 Å². The number of carbonyl (C=O) groups is 1. The number of amides is 1. The molecule has 0 aliphatic carbocycles. The third-order valence-corrected chi connectivity index (χ3v) is 5.55. The first-order chi connectivity index (χ1) is 13.8. The monoisotopic (exact) mass is 412 g/mol. The van der Waals surface area contributed by atoms with Crippen LogP contribution in [0.25, 0.3) is 5.65 Å². The summed E-state index contributed by atoms with van der Waals surface area (Å²) in [5.41, 5.74) is 0.0434. The number of anilines is 1. The Bertz CT molecular complexity index is 872. The number of nitrogens with zero attached hydrogens (tertiary/aromatic N) is 6. The summed E-state index contributed by atoms with van der Waals surface area (Å²) in [6, 6.07) is 3.10. The van der Waals surface area contributed by atoms with Gasteiger partial charge in [0.05, 0.1) is 6.10 Å². The number of carbonyl (C=O) groups excluding carboxylic acids is 1. The lowest BCUT2D eigenvalue weighted by molar-refractivity contribution is -0.146. The van der Waals surface area contributed by atoms with Gasteiger partial charge in [0.2, 0.25) is 5.91 Å². The second-order valence-corrected chi connectivity index (χ2v) is 7.60. The quantitative estimate of drug-likeness (QED) is 0.765. The highest BCUT2D eigenvalue weighted by atomic mass is 19.4. The normalized spacial score (nSPS) is 21.1. The van der Waals surface area contributed by atoms with Gasteiger partial charge in [-0.15, -0.1) is 15.3 Å². The molecule has 4 rings (SSSR count). The minimum absolute atomic E-state index is 0.0434. The average molecular weight is 412 g/mol. The van der Waals surface area contributed by atoms with Crippen LogP contribution in [0.5, 0.6) is 0 Å². The number of ether oxygens (including phenoxy) is 1. The van der Waals surface area contributed by atoms with Gasteiger partial charge in [0.15, 0.2) is 5.65 Å². The maximum absolute atomic E-state index is 13.1. The molecule has 2 aromatic heterocycles. The number of hydrogen-bond donors (Lipinski definition) is 0. The van der Waals surface area contributed by atoms with E-state index >= 15 is 0 Å². The molecule has 4 heterocycles. The molecule has 11 heteroatoms.